The van der Waals surface area contributed by atoms with Gasteiger partial charge in [0.25, 0.3) is 11.7 Å². The second kappa shape index (κ2) is 5.62. The first-order valence-electron chi connectivity index (χ1n) is 6.82. The predicted octanol–water partition coefficient (Wildman–Crippen LogP) is 1.70. The van der Waals surface area contributed by atoms with Gasteiger partial charge in [-0.25, -0.2) is 0 Å². The zero-order valence-electron chi connectivity index (χ0n) is 12.2. The lowest BCUT2D eigenvalue weighted by atomic mass is 10.0. The Morgan fingerprint density at radius 1 is 1.26 bits per heavy atom. The Balaban J connectivity index is 2.21. The number of ether oxygens (including phenoxy) is 1. The van der Waals surface area contributed by atoms with Crippen molar-refractivity contribution in [3.05, 3.63) is 70.0 Å². The molecule has 0 saturated heterocycles. The molecule has 0 bridgehead atoms. The maximum atomic E-state index is 12.5. The lowest BCUT2D eigenvalue weighted by molar-refractivity contribution is -0.465. The first-order valence-corrected chi connectivity index (χ1v) is 6.82. The highest BCUT2D eigenvalue weighted by Gasteiger charge is 2.22. The van der Waals surface area contributed by atoms with E-state index in [2.05, 4.69) is 0 Å². The number of methoxy groups -OCH3 is 1. The number of hydrogen-bond acceptors (Lipinski definition) is 5. The molecule has 7 nitrogen and oxygen atoms in total. The van der Waals surface area contributed by atoms with Gasteiger partial charge in [-0.1, -0.05) is 12.1 Å². The van der Waals surface area contributed by atoms with Gasteiger partial charge in [-0.2, -0.15) is 0 Å². The van der Waals surface area contributed by atoms with Crippen molar-refractivity contribution in [3.63, 3.8) is 0 Å². The van der Waals surface area contributed by atoms with Gasteiger partial charge in [-0.15, -0.1) is 0 Å². The standard InChI is InChI=1S/C16H14N2O5/c1-23-10-6-7-15(19)11(8-10)16(20)14-9-17(21)12-4-2-3-5-13(12)18(14)22/h2-9,16,19-20H,1H3. The molecule has 2 N–H and O–H groups in total. The van der Waals surface area contributed by atoms with E-state index < -0.39 is 6.10 Å². The number of phenols is 1. The molecule has 1 atom stereocenters. The van der Waals surface area contributed by atoms with Gasteiger partial charge in [0, 0.05) is 16.5 Å². The number of benzene rings is 2. The lowest BCUT2D eigenvalue weighted by Crippen LogP contribution is -2.22. The monoisotopic (exact) mass is 314 g/mol. The van der Waals surface area contributed by atoms with Gasteiger partial charge in [0.1, 0.15) is 28.8 Å². The van der Waals surface area contributed by atoms with E-state index in [1.807, 2.05) is 0 Å². The average Bonchev–Trinajstić information content (AvgIpc) is 2.58. The van der Waals surface area contributed by atoms with Crippen molar-refractivity contribution < 1.29 is 19.4 Å². The Morgan fingerprint density at radius 2 is 2.00 bits per heavy atom. The van der Waals surface area contributed by atoms with Gasteiger partial charge in [0.05, 0.1) is 11.5 Å². The van der Waals surface area contributed by atoms with Crippen LogP contribution in [0.2, 0.25) is 0 Å². The van der Waals surface area contributed by atoms with Crippen LogP contribution in [0.3, 0.4) is 0 Å². The second-order valence-electron chi connectivity index (χ2n) is 4.99. The van der Waals surface area contributed by atoms with E-state index in [0.29, 0.717) is 14.9 Å². The summed E-state index contributed by atoms with van der Waals surface area (Å²) in [6.07, 6.45) is -0.480. The SMILES string of the molecule is COc1ccc(O)c(C(O)c2c[n+](=O)c3ccccc3n2[O-])c1. The number of aliphatic hydroxyl groups is 1. The number of aromatic hydroxyl groups is 1. The fourth-order valence-electron chi connectivity index (χ4n) is 2.42. The van der Waals surface area contributed by atoms with Gasteiger partial charge in [-0.3, -0.25) is 0 Å². The van der Waals surface area contributed by atoms with E-state index >= 15 is 0 Å². The second-order valence-corrected chi connectivity index (χ2v) is 4.99. The number of hydrogen-bond donors (Lipinski definition) is 2. The molecule has 0 aliphatic heterocycles. The molecule has 0 aliphatic carbocycles. The summed E-state index contributed by atoms with van der Waals surface area (Å²) in [5.41, 5.74) is 0.196. The van der Waals surface area contributed by atoms with E-state index in [4.69, 9.17) is 4.74 Å². The van der Waals surface area contributed by atoms with Crippen molar-refractivity contribution in [2.24, 2.45) is 0 Å². The molecule has 0 fully saturated rings. The van der Waals surface area contributed by atoms with Crippen LogP contribution in [0.1, 0.15) is 17.4 Å². The third-order valence-electron chi connectivity index (χ3n) is 3.63. The van der Waals surface area contributed by atoms with Crippen molar-refractivity contribution in [2.75, 3.05) is 7.11 Å². The third kappa shape index (κ3) is 2.47. The summed E-state index contributed by atoms with van der Waals surface area (Å²) in [6, 6.07) is 10.5. The van der Waals surface area contributed by atoms with Crippen LogP contribution in [0.15, 0.2) is 48.7 Å². The van der Waals surface area contributed by atoms with Crippen molar-refractivity contribution >= 4 is 11.0 Å². The molecule has 3 aromatic rings. The molecular formula is C16H14N2O5. The minimum atomic E-state index is -1.48. The van der Waals surface area contributed by atoms with Crippen LogP contribution in [-0.4, -0.2) is 22.1 Å². The van der Waals surface area contributed by atoms with Gasteiger partial charge >= 0.3 is 0 Å². The quantitative estimate of drug-likeness (QED) is 0.717. The number of nitrogens with zero attached hydrogens (tertiary/aromatic N) is 2. The Morgan fingerprint density at radius 3 is 2.74 bits per heavy atom. The highest BCUT2D eigenvalue weighted by molar-refractivity contribution is 5.72. The number of phenolic OH excluding ortho intramolecular Hbond substituents is 1. The summed E-state index contributed by atoms with van der Waals surface area (Å²) >= 11 is 0. The number of rotatable bonds is 3. The maximum absolute atomic E-state index is 12.5. The lowest BCUT2D eigenvalue weighted by Gasteiger charge is -2.21. The zero-order chi connectivity index (χ0) is 16.6. The van der Waals surface area contributed by atoms with Gasteiger partial charge in [0.2, 0.25) is 0 Å². The number of para-hydroxylation sites is 2. The Bertz CT molecular complexity index is 935. The summed E-state index contributed by atoms with van der Waals surface area (Å²) in [7, 11) is 1.44. The Labute approximate surface area is 130 Å². The first-order chi connectivity index (χ1) is 11.0. The van der Waals surface area contributed by atoms with Gasteiger partial charge in [-0.05, 0) is 24.3 Å². The van der Waals surface area contributed by atoms with Gasteiger partial charge in [0.15, 0.2) is 0 Å². The van der Waals surface area contributed by atoms with Crippen LogP contribution < -0.4 is 9.16 Å². The summed E-state index contributed by atoms with van der Waals surface area (Å²) in [5, 5.41) is 32.8. The highest BCUT2D eigenvalue weighted by Crippen LogP contribution is 2.32. The number of fused-ring (bicyclic) bond motifs is 1. The topological polar surface area (TPSA) is 101 Å². The Hall–Kier alpha value is -3.06. The minimum Gasteiger partial charge on any atom is -0.805 e. The molecule has 1 aromatic heterocycles. The van der Waals surface area contributed by atoms with Crippen LogP contribution in [-0.2, 0) is 0 Å². The van der Waals surface area contributed by atoms with E-state index in [0.717, 1.165) is 6.20 Å². The van der Waals surface area contributed by atoms with E-state index in [-0.39, 0.29) is 28.0 Å². The number of aliphatic hydroxyl groups excluding tert-OH is 1. The first kappa shape index (κ1) is 14.9. The van der Waals surface area contributed by atoms with Crippen LogP contribution in [0, 0.1) is 10.1 Å². The molecule has 2 aromatic carbocycles. The molecule has 3 rings (SSSR count). The minimum absolute atomic E-state index is 0.0734. The van der Waals surface area contributed by atoms with Gasteiger partial charge < -0.3 is 24.9 Å². The highest BCUT2D eigenvalue weighted by atomic mass is 16.5. The van der Waals surface area contributed by atoms with E-state index in [1.54, 1.807) is 12.1 Å². The third-order valence-corrected chi connectivity index (χ3v) is 3.63. The number of aromatic nitrogens is 2. The van der Waals surface area contributed by atoms with Crippen molar-refractivity contribution in [2.45, 2.75) is 6.10 Å². The summed E-state index contributed by atoms with van der Waals surface area (Å²) in [4.78, 5) is 12.1. The molecule has 1 heterocycles. The fraction of sp³-hybridized carbons (Fsp3) is 0.125. The summed E-state index contributed by atoms with van der Waals surface area (Å²) in [5.74, 6) is 0.203. The summed E-state index contributed by atoms with van der Waals surface area (Å²) in [6.45, 7) is 0. The molecule has 1 unspecified atom stereocenters. The molecule has 118 valence electrons. The van der Waals surface area contributed by atoms with Crippen LogP contribution in [0.25, 0.3) is 11.0 Å². The van der Waals surface area contributed by atoms with E-state index in [9.17, 15) is 20.3 Å². The molecule has 0 spiro atoms. The smallest absolute Gasteiger partial charge is 0.285 e. The van der Waals surface area contributed by atoms with Crippen LogP contribution in [0.5, 0.6) is 11.5 Å². The predicted molar refractivity (Wildman–Crippen MR) is 82.8 cm³/mol. The van der Waals surface area contributed by atoms with Crippen LogP contribution >= 0.6 is 0 Å². The van der Waals surface area contributed by atoms with Crippen molar-refractivity contribution in [1.29, 1.82) is 0 Å². The summed E-state index contributed by atoms with van der Waals surface area (Å²) < 4.78 is 6.04. The molecule has 0 amide bonds. The molecule has 7 heteroatoms. The molecule has 0 saturated carbocycles. The molecule has 23 heavy (non-hydrogen) atoms. The largest absolute Gasteiger partial charge is 0.805 e. The molecule has 0 aliphatic rings. The van der Waals surface area contributed by atoms with Crippen molar-refractivity contribution in [1.82, 2.24) is 4.73 Å². The zero-order valence-corrected chi connectivity index (χ0v) is 12.2. The maximum Gasteiger partial charge on any atom is 0.285 e. The normalized spacial score (nSPS) is 12.3. The average molecular weight is 314 g/mol. The van der Waals surface area contributed by atoms with Crippen molar-refractivity contribution in [3.8, 4) is 11.5 Å². The molecular weight excluding hydrogens is 300 g/mol. The molecule has 0 radical (unpaired) electrons. The Kier molecular flexibility index (Phi) is 3.63. The fourth-order valence-corrected chi connectivity index (χ4v) is 2.42. The van der Waals surface area contributed by atoms with E-state index in [1.165, 1.54) is 37.4 Å². The van der Waals surface area contributed by atoms with Crippen LogP contribution in [0.4, 0.5) is 0 Å².